The fourth-order valence-electron chi connectivity index (χ4n) is 10.5. The summed E-state index contributed by atoms with van der Waals surface area (Å²) >= 11 is 0. The van der Waals surface area contributed by atoms with Crippen LogP contribution in [-0.4, -0.2) is 31.1 Å². The Bertz CT molecular complexity index is 2540. The first kappa shape index (κ1) is 37.1. The quantitative estimate of drug-likeness (QED) is 0.162. The second-order valence-electron chi connectivity index (χ2n) is 17.5. The van der Waals surface area contributed by atoms with Crippen LogP contribution < -0.4 is 14.7 Å². The molecule has 0 radical (unpaired) electrons. The van der Waals surface area contributed by atoms with E-state index < -0.39 is 0 Å². The van der Waals surface area contributed by atoms with Crippen molar-refractivity contribution in [3.05, 3.63) is 148 Å². The van der Waals surface area contributed by atoms with E-state index in [4.69, 9.17) is 9.97 Å². The van der Waals surface area contributed by atoms with Crippen molar-refractivity contribution in [2.75, 3.05) is 35.8 Å². The van der Waals surface area contributed by atoms with Gasteiger partial charge in [-0.2, -0.15) is 0 Å². The van der Waals surface area contributed by atoms with E-state index in [0.717, 1.165) is 46.6 Å². The number of pyridine rings is 2. The number of nitrogens with zero attached hydrogens (tertiary/aromatic N) is 5. The second kappa shape index (κ2) is 14.2. The Morgan fingerprint density at radius 1 is 0.579 bits per heavy atom. The molecule has 2 atom stereocenters. The molecule has 0 fully saturated rings. The van der Waals surface area contributed by atoms with Crippen LogP contribution in [0.3, 0.4) is 0 Å². The molecule has 0 bridgehead atoms. The number of hydrogen-bond donors (Lipinski definition) is 0. The minimum Gasteiger partial charge on any atom is -0.369 e. The van der Waals surface area contributed by atoms with Crippen molar-refractivity contribution in [3.8, 4) is 33.6 Å². The van der Waals surface area contributed by atoms with Crippen LogP contribution in [0.25, 0.3) is 33.6 Å². The van der Waals surface area contributed by atoms with Gasteiger partial charge in [-0.05, 0) is 82.2 Å². The summed E-state index contributed by atoms with van der Waals surface area (Å²) in [5.74, 6) is 0.783. The van der Waals surface area contributed by atoms with E-state index in [1.54, 1.807) is 6.07 Å². The van der Waals surface area contributed by atoms with Gasteiger partial charge in [-0.3, -0.25) is 9.97 Å². The molecule has 9 rings (SSSR count). The number of aromatic nitrogens is 2. The summed E-state index contributed by atoms with van der Waals surface area (Å²) in [7, 11) is 6.72. The van der Waals surface area contributed by atoms with E-state index in [-0.39, 0.29) is 29.7 Å². The highest BCUT2D eigenvalue weighted by Crippen LogP contribution is 2.53. The molecular formula is C51H54FN5. The molecule has 5 nitrogen and oxygen atoms in total. The Hall–Kier alpha value is -5.49. The lowest BCUT2D eigenvalue weighted by molar-refractivity contribution is 0.626. The van der Waals surface area contributed by atoms with Gasteiger partial charge in [-0.1, -0.05) is 108 Å². The van der Waals surface area contributed by atoms with Gasteiger partial charge in [0.2, 0.25) is 0 Å². The van der Waals surface area contributed by atoms with Gasteiger partial charge in [0.05, 0.1) is 29.2 Å². The van der Waals surface area contributed by atoms with Crippen LogP contribution in [0.4, 0.5) is 21.5 Å². The number of benzene rings is 4. The Morgan fingerprint density at radius 3 is 1.72 bits per heavy atom. The molecule has 57 heavy (non-hydrogen) atoms. The molecule has 0 unspecified atom stereocenters. The Morgan fingerprint density at radius 2 is 1.12 bits per heavy atom. The third-order valence-electron chi connectivity index (χ3n) is 13.0. The monoisotopic (exact) mass is 755 g/mol. The largest absolute Gasteiger partial charge is 0.369 e. The summed E-state index contributed by atoms with van der Waals surface area (Å²) in [4.78, 5) is 17.5. The van der Waals surface area contributed by atoms with Gasteiger partial charge in [0.15, 0.2) is 0 Å². The summed E-state index contributed by atoms with van der Waals surface area (Å²) in [6, 6.07) is 30.2. The number of likely N-dealkylation sites (N-methyl/N-ethyl adjacent to an activating group) is 2. The third-order valence-corrected chi connectivity index (χ3v) is 13.0. The van der Waals surface area contributed by atoms with E-state index >= 15 is 4.39 Å². The maximum Gasteiger partial charge on any atom is 0.131 e. The maximum atomic E-state index is 15.5. The molecule has 0 spiro atoms. The van der Waals surface area contributed by atoms with Crippen LogP contribution in [0.15, 0.2) is 97.3 Å². The number of halogens is 1. The zero-order valence-corrected chi connectivity index (χ0v) is 34.9. The number of para-hydroxylation sites is 1. The lowest BCUT2D eigenvalue weighted by atomic mass is 9.79. The Labute approximate surface area is 338 Å². The Kier molecular flexibility index (Phi) is 9.22. The number of fused-ring (bicyclic) bond motifs is 9. The van der Waals surface area contributed by atoms with E-state index in [1.807, 2.05) is 18.5 Å². The molecule has 4 aromatic carbocycles. The van der Waals surface area contributed by atoms with Crippen LogP contribution in [0.5, 0.6) is 0 Å². The first-order valence-corrected chi connectivity index (χ1v) is 20.8. The average molecular weight is 756 g/mol. The van der Waals surface area contributed by atoms with Crippen molar-refractivity contribution in [1.82, 2.24) is 9.97 Å². The highest BCUT2D eigenvalue weighted by Gasteiger charge is 2.37. The second-order valence-corrected chi connectivity index (χ2v) is 17.5. The molecule has 0 saturated carbocycles. The van der Waals surface area contributed by atoms with E-state index in [9.17, 15) is 0 Å². The van der Waals surface area contributed by atoms with Gasteiger partial charge >= 0.3 is 0 Å². The minimum absolute atomic E-state index is 0.0603. The minimum atomic E-state index is -0.145. The van der Waals surface area contributed by atoms with Crippen LogP contribution in [0, 0.1) is 5.82 Å². The first-order chi connectivity index (χ1) is 27.5. The van der Waals surface area contributed by atoms with Crippen molar-refractivity contribution >= 4 is 17.1 Å². The van der Waals surface area contributed by atoms with Crippen molar-refractivity contribution in [1.29, 1.82) is 0 Å². The van der Waals surface area contributed by atoms with Crippen LogP contribution in [0.1, 0.15) is 116 Å². The molecule has 0 amide bonds. The van der Waals surface area contributed by atoms with Gasteiger partial charge in [0.25, 0.3) is 0 Å². The highest BCUT2D eigenvalue weighted by atomic mass is 19.1. The van der Waals surface area contributed by atoms with Gasteiger partial charge in [-0.25, -0.2) is 4.39 Å². The van der Waals surface area contributed by atoms with E-state index in [1.165, 1.54) is 61.4 Å². The molecule has 0 aliphatic carbocycles. The van der Waals surface area contributed by atoms with Crippen LogP contribution in [-0.2, 0) is 19.4 Å². The molecular weight excluding hydrogens is 702 g/mol. The molecule has 6 heteroatoms. The van der Waals surface area contributed by atoms with Gasteiger partial charge < -0.3 is 14.7 Å². The molecule has 0 N–H and O–H groups in total. The Balaban J connectivity index is 1.16. The zero-order chi connectivity index (χ0) is 39.9. The maximum absolute atomic E-state index is 15.5. The highest BCUT2D eigenvalue weighted by molar-refractivity contribution is 5.89. The summed E-state index contributed by atoms with van der Waals surface area (Å²) in [5, 5.41) is 0. The van der Waals surface area contributed by atoms with Crippen molar-refractivity contribution in [2.24, 2.45) is 0 Å². The van der Waals surface area contributed by atoms with Crippen molar-refractivity contribution < 1.29 is 4.39 Å². The summed E-state index contributed by atoms with van der Waals surface area (Å²) < 4.78 is 15.5. The van der Waals surface area contributed by atoms with E-state index in [0.29, 0.717) is 12.5 Å². The molecule has 0 saturated heterocycles. The number of hydrogen-bond acceptors (Lipinski definition) is 5. The predicted molar refractivity (Wildman–Crippen MR) is 235 cm³/mol. The zero-order valence-electron chi connectivity index (χ0n) is 34.9. The molecule has 2 aromatic heterocycles. The fraction of sp³-hybridized carbons (Fsp3) is 0.333. The molecule has 5 heterocycles. The van der Waals surface area contributed by atoms with Crippen molar-refractivity contribution in [2.45, 2.75) is 90.8 Å². The lowest BCUT2D eigenvalue weighted by Crippen LogP contribution is -2.34. The summed E-state index contributed by atoms with van der Waals surface area (Å²) in [6.07, 6.45) is 5.56. The fourth-order valence-corrected chi connectivity index (χ4v) is 10.5. The SMILES string of the molecule is CC(C)c1cccc2c1N(C)[C@@H](Cc1ccc3c(c1C(C)C)N(C)[C@H](Cc1ccc4c(c1C(C)C)N(C)Cc1cccc(F)c1-4)c1cccnc1-3)c1cccnc1-2. The lowest BCUT2D eigenvalue weighted by Gasteiger charge is -2.42. The normalized spacial score (nSPS) is 16.7. The summed E-state index contributed by atoms with van der Waals surface area (Å²) in [6.45, 7) is 14.5. The number of rotatable bonds is 7. The van der Waals surface area contributed by atoms with Crippen molar-refractivity contribution in [3.63, 3.8) is 0 Å². The number of anilines is 3. The topological polar surface area (TPSA) is 35.5 Å². The van der Waals surface area contributed by atoms with Gasteiger partial charge in [0.1, 0.15) is 5.82 Å². The van der Waals surface area contributed by atoms with Gasteiger partial charge in [0, 0.05) is 84.8 Å². The first-order valence-electron chi connectivity index (χ1n) is 20.8. The summed E-state index contributed by atoms with van der Waals surface area (Å²) in [5.41, 5.74) is 20.4. The van der Waals surface area contributed by atoms with Gasteiger partial charge in [-0.15, -0.1) is 0 Å². The molecule has 6 aromatic rings. The standard InChI is InChI=1S/C51H54FN5/c1-29(2)35-15-11-16-39-47-36(17-12-24-53-47)42(56(8)49(35)39)27-33-21-23-40-48-37(18-13-25-54-48)43(57(9)51(40)45(33)31(5)6)26-32-20-22-38-46-34(14-10-19-41(46)52)28-55(7)50(38)44(32)30(3)4/h10-25,29-31,42-43H,26-28H2,1-9H3/t42-,43+/m0/s1. The smallest absolute Gasteiger partial charge is 0.131 e. The predicted octanol–water partition coefficient (Wildman–Crippen LogP) is 12.4. The third kappa shape index (κ3) is 5.85. The molecule has 290 valence electrons. The average Bonchev–Trinajstić information content (AvgIpc) is 3.20. The molecule has 3 aliphatic heterocycles. The van der Waals surface area contributed by atoms with E-state index in [2.05, 4.69) is 150 Å². The van der Waals surface area contributed by atoms with Crippen LogP contribution >= 0.6 is 0 Å². The van der Waals surface area contributed by atoms with Crippen LogP contribution in [0.2, 0.25) is 0 Å². The molecule has 3 aliphatic rings.